The zero-order chi connectivity index (χ0) is 32.6. The number of esters is 2. The largest absolute Gasteiger partial charge is 0.472 e. The molecule has 0 aromatic carbocycles. The molecular weight excluding hydrogens is 579 g/mol. The average molecular weight is 645 g/mol. The van der Waals surface area contributed by atoms with Crippen molar-refractivity contribution in [1.29, 1.82) is 0 Å². The SMILES string of the molecule is CCCCC/C=C\C/C=C\CCCCCCCC(=O)OC(COC(=O)CCCCCCCCCCC)COP(=O)(O)OCC. The van der Waals surface area contributed by atoms with Crippen molar-refractivity contribution < 1.29 is 37.6 Å². The molecule has 8 nitrogen and oxygen atoms in total. The topological polar surface area (TPSA) is 108 Å². The number of allylic oxidation sites excluding steroid dienone is 4. The molecule has 0 heterocycles. The lowest BCUT2D eigenvalue weighted by molar-refractivity contribution is -0.161. The fraction of sp³-hybridized carbons (Fsp3) is 0.829. The van der Waals surface area contributed by atoms with Crippen molar-refractivity contribution in [3.63, 3.8) is 0 Å². The summed E-state index contributed by atoms with van der Waals surface area (Å²) in [6, 6.07) is 0. The summed E-state index contributed by atoms with van der Waals surface area (Å²) in [4.78, 5) is 34.4. The maximum atomic E-state index is 12.4. The first-order valence-electron chi connectivity index (χ1n) is 17.6. The molecule has 0 amide bonds. The maximum absolute atomic E-state index is 12.4. The Balaban J connectivity index is 4.21. The summed E-state index contributed by atoms with van der Waals surface area (Å²) in [5, 5.41) is 0. The highest BCUT2D eigenvalue weighted by Gasteiger charge is 2.25. The number of unbranched alkanes of at least 4 members (excludes halogenated alkanes) is 16. The minimum atomic E-state index is -4.27. The van der Waals surface area contributed by atoms with E-state index in [2.05, 4.69) is 38.2 Å². The monoisotopic (exact) mass is 644 g/mol. The number of hydrogen-bond acceptors (Lipinski definition) is 7. The second-order valence-corrected chi connectivity index (χ2v) is 13.0. The van der Waals surface area contributed by atoms with Crippen LogP contribution in [-0.2, 0) is 32.7 Å². The van der Waals surface area contributed by atoms with E-state index in [1.54, 1.807) is 6.92 Å². The van der Waals surface area contributed by atoms with Gasteiger partial charge in [-0.05, 0) is 51.9 Å². The molecule has 0 aliphatic carbocycles. The molecule has 0 aliphatic heterocycles. The van der Waals surface area contributed by atoms with Crippen LogP contribution in [0.15, 0.2) is 24.3 Å². The molecule has 258 valence electrons. The molecular formula is C35H65O8P. The number of hydrogen-bond donors (Lipinski definition) is 1. The molecule has 0 saturated heterocycles. The third-order valence-corrected chi connectivity index (χ3v) is 8.32. The molecule has 1 N–H and O–H groups in total. The Kier molecular flexibility index (Phi) is 30.5. The van der Waals surface area contributed by atoms with Crippen LogP contribution in [0.5, 0.6) is 0 Å². The van der Waals surface area contributed by atoms with E-state index in [4.69, 9.17) is 18.5 Å². The zero-order valence-electron chi connectivity index (χ0n) is 28.3. The van der Waals surface area contributed by atoms with Gasteiger partial charge in [0.15, 0.2) is 6.10 Å². The van der Waals surface area contributed by atoms with E-state index >= 15 is 0 Å². The number of phosphoric ester groups is 1. The van der Waals surface area contributed by atoms with E-state index < -0.39 is 26.5 Å². The highest BCUT2D eigenvalue weighted by Crippen LogP contribution is 2.43. The molecule has 2 unspecified atom stereocenters. The molecule has 9 heteroatoms. The first-order valence-corrected chi connectivity index (χ1v) is 19.1. The van der Waals surface area contributed by atoms with E-state index in [0.29, 0.717) is 12.8 Å². The van der Waals surface area contributed by atoms with Crippen LogP contribution in [0.3, 0.4) is 0 Å². The van der Waals surface area contributed by atoms with Crippen molar-refractivity contribution in [3.05, 3.63) is 24.3 Å². The summed E-state index contributed by atoms with van der Waals surface area (Å²) in [7, 11) is -4.27. The van der Waals surface area contributed by atoms with Crippen molar-refractivity contribution >= 4 is 19.8 Å². The zero-order valence-corrected chi connectivity index (χ0v) is 29.2. The number of ether oxygens (including phenoxy) is 2. The molecule has 0 aromatic heterocycles. The van der Waals surface area contributed by atoms with E-state index in [-0.39, 0.29) is 25.6 Å². The Morgan fingerprint density at radius 1 is 0.614 bits per heavy atom. The Labute approximate surface area is 269 Å². The minimum absolute atomic E-state index is 0.00121. The maximum Gasteiger partial charge on any atom is 0.472 e. The molecule has 0 radical (unpaired) electrons. The predicted molar refractivity (Wildman–Crippen MR) is 179 cm³/mol. The molecule has 0 aromatic rings. The predicted octanol–water partition coefficient (Wildman–Crippen LogP) is 10.3. The van der Waals surface area contributed by atoms with Gasteiger partial charge in [0, 0.05) is 12.8 Å². The molecule has 0 fully saturated rings. The quantitative estimate of drug-likeness (QED) is 0.0333. The Morgan fingerprint density at radius 2 is 1.09 bits per heavy atom. The number of carbonyl (C=O) groups excluding carboxylic acids is 2. The van der Waals surface area contributed by atoms with Crippen LogP contribution in [0.25, 0.3) is 0 Å². The lowest BCUT2D eigenvalue weighted by Crippen LogP contribution is -2.29. The van der Waals surface area contributed by atoms with E-state index in [9.17, 15) is 19.0 Å². The third kappa shape index (κ3) is 30.6. The van der Waals surface area contributed by atoms with Gasteiger partial charge in [0.1, 0.15) is 6.61 Å². The van der Waals surface area contributed by atoms with Gasteiger partial charge in [0.05, 0.1) is 13.2 Å². The van der Waals surface area contributed by atoms with Crippen molar-refractivity contribution in [2.45, 2.75) is 168 Å². The van der Waals surface area contributed by atoms with Crippen LogP contribution < -0.4 is 0 Å². The molecule has 0 saturated carbocycles. The van der Waals surface area contributed by atoms with Gasteiger partial charge in [-0.1, -0.05) is 122 Å². The molecule has 44 heavy (non-hydrogen) atoms. The minimum Gasteiger partial charge on any atom is -0.462 e. The van der Waals surface area contributed by atoms with Crippen LogP contribution in [-0.4, -0.2) is 42.8 Å². The van der Waals surface area contributed by atoms with Gasteiger partial charge in [-0.3, -0.25) is 18.6 Å². The first-order chi connectivity index (χ1) is 21.3. The van der Waals surface area contributed by atoms with Crippen molar-refractivity contribution in [2.24, 2.45) is 0 Å². The second-order valence-electron chi connectivity index (χ2n) is 11.5. The van der Waals surface area contributed by atoms with Gasteiger partial charge in [-0.2, -0.15) is 0 Å². The van der Waals surface area contributed by atoms with Gasteiger partial charge in [-0.15, -0.1) is 0 Å². The average Bonchev–Trinajstić information content (AvgIpc) is 2.99. The normalized spacial score (nSPS) is 13.8. The van der Waals surface area contributed by atoms with Gasteiger partial charge < -0.3 is 14.4 Å². The van der Waals surface area contributed by atoms with Gasteiger partial charge in [-0.25, -0.2) is 4.57 Å². The molecule has 0 bridgehead atoms. The summed E-state index contributed by atoms with van der Waals surface area (Å²) in [6.45, 7) is 5.38. The van der Waals surface area contributed by atoms with Gasteiger partial charge in [0.25, 0.3) is 0 Å². The van der Waals surface area contributed by atoms with Crippen LogP contribution in [0, 0.1) is 0 Å². The van der Waals surface area contributed by atoms with Crippen LogP contribution in [0.1, 0.15) is 162 Å². The van der Waals surface area contributed by atoms with E-state index in [1.807, 2.05) is 0 Å². The van der Waals surface area contributed by atoms with Crippen LogP contribution in [0.2, 0.25) is 0 Å². The number of rotatable bonds is 32. The summed E-state index contributed by atoms with van der Waals surface area (Å²) >= 11 is 0. The Hall–Kier alpha value is -1.47. The fourth-order valence-electron chi connectivity index (χ4n) is 4.66. The van der Waals surface area contributed by atoms with Crippen LogP contribution >= 0.6 is 7.82 Å². The molecule has 2 atom stereocenters. The molecule has 0 spiro atoms. The Bertz CT molecular complexity index is 783. The second kappa shape index (κ2) is 31.5. The van der Waals surface area contributed by atoms with Crippen molar-refractivity contribution in [2.75, 3.05) is 19.8 Å². The fourth-order valence-corrected chi connectivity index (χ4v) is 5.41. The smallest absolute Gasteiger partial charge is 0.462 e. The van der Waals surface area contributed by atoms with Gasteiger partial charge in [0.2, 0.25) is 0 Å². The van der Waals surface area contributed by atoms with Crippen molar-refractivity contribution in [3.8, 4) is 0 Å². The number of carbonyl (C=O) groups is 2. The van der Waals surface area contributed by atoms with E-state index in [0.717, 1.165) is 57.8 Å². The summed E-state index contributed by atoms with van der Waals surface area (Å²) in [6.07, 6.45) is 30.9. The molecule has 0 rings (SSSR count). The Morgan fingerprint density at radius 3 is 1.66 bits per heavy atom. The van der Waals surface area contributed by atoms with Crippen LogP contribution in [0.4, 0.5) is 0 Å². The molecule has 0 aliphatic rings. The highest BCUT2D eigenvalue weighted by molar-refractivity contribution is 7.47. The third-order valence-electron chi connectivity index (χ3n) is 7.26. The van der Waals surface area contributed by atoms with Crippen molar-refractivity contribution in [1.82, 2.24) is 0 Å². The highest BCUT2D eigenvalue weighted by atomic mass is 31.2. The first kappa shape index (κ1) is 42.5. The lowest BCUT2D eigenvalue weighted by Gasteiger charge is -2.19. The standard InChI is InChI=1S/C35H65O8P/c1-4-7-9-11-13-15-16-17-18-19-20-22-24-26-28-30-35(37)43-33(32-42-44(38,39)41-6-3)31-40-34(36)29-27-25-23-21-14-12-10-8-5-2/h13,15,17-18,33H,4-12,14,16,19-32H2,1-3H3,(H,38,39)/b15-13-,18-17-. The summed E-state index contributed by atoms with van der Waals surface area (Å²) in [5.41, 5.74) is 0. The summed E-state index contributed by atoms with van der Waals surface area (Å²) < 4.78 is 32.4. The summed E-state index contributed by atoms with van der Waals surface area (Å²) in [5.74, 6) is -0.817. The number of phosphoric acid groups is 1. The van der Waals surface area contributed by atoms with E-state index in [1.165, 1.54) is 64.2 Å². The van der Waals surface area contributed by atoms with Gasteiger partial charge >= 0.3 is 19.8 Å². The lowest BCUT2D eigenvalue weighted by atomic mass is 10.1.